The number of hydrogen-bond acceptors (Lipinski definition) is 5. The summed E-state index contributed by atoms with van der Waals surface area (Å²) in [6, 6.07) is 12.8. The molecule has 0 fully saturated rings. The summed E-state index contributed by atoms with van der Waals surface area (Å²) in [4.78, 5) is 11.4. The van der Waals surface area contributed by atoms with E-state index in [2.05, 4.69) is 0 Å². The summed E-state index contributed by atoms with van der Waals surface area (Å²) >= 11 is 0. The number of nitrogens with two attached hydrogens (primary N) is 1. The van der Waals surface area contributed by atoms with Crippen LogP contribution in [-0.2, 0) is 6.54 Å². The molecule has 0 unspecified atom stereocenters. The number of benzene rings is 2. The van der Waals surface area contributed by atoms with Crippen molar-refractivity contribution in [1.29, 1.82) is 0 Å². The van der Waals surface area contributed by atoms with Gasteiger partial charge < -0.3 is 24.6 Å². The maximum absolute atomic E-state index is 11.4. The number of Topliss-reactive ketones (excluding diaryl/α,β-unsaturated/α-hetero) is 1. The number of aliphatic hydroxyl groups is 1. The third kappa shape index (κ3) is 5.75. The number of methoxy groups -OCH3 is 2. The highest BCUT2D eigenvalue weighted by Crippen LogP contribution is 2.28. The van der Waals surface area contributed by atoms with Crippen molar-refractivity contribution in [2.75, 3.05) is 27.4 Å². The molecule has 6 heteroatoms. The van der Waals surface area contributed by atoms with Crippen molar-refractivity contribution in [2.24, 2.45) is 0 Å². The molecule has 0 bridgehead atoms. The van der Waals surface area contributed by atoms with Gasteiger partial charge >= 0.3 is 0 Å². The van der Waals surface area contributed by atoms with Crippen LogP contribution in [0.2, 0.25) is 0 Å². The van der Waals surface area contributed by atoms with E-state index in [0.29, 0.717) is 23.6 Å². The van der Waals surface area contributed by atoms with E-state index in [1.165, 1.54) is 14.0 Å². The predicted molar refractivity (Wildman–Crippen MR) is 98.0 cm³/mol. The Balaban J connectivity index is 1.81. The Kier molecular flexibility index (Phi) is 7.44. The first-order valence-electron chi connectivity index (χ1n) is 8.48. The third-order valence-electron chi connectivity index (χ3n) is 3.95. The minimum atomic E-state index is -0.627. The Morgan fingerprint density at radius 1 is 1.12 bits per heavy atom. The van der Waals surface area contributed by atoms with Crippen LogP contribution in [0.5, 0.6) is 17.2 Å². The smallest absolute Gasteiger partial charge is 0.161 e. The molecule has 2 aromatic rings. The summed E-state index contributed by atoms with van der Waals surface area (Å²) in [6.07, 6.45) is -0.627. The highest BCUT2D eigenvalue weighted by molar-refractivity contribution is 5.94. The van der Waals surface area contributed by atoms with E-state index < -0.39 is 6.10 Å². The van der Waals surface area contributed by atoms with Crippen LogP contribution in [0, 0.1) is 0 Å². The van der Waals surface area contributed by atoms with E-state index in [1.54, 1.807) is 25.3 Å². The highest BCUT2D eigenvalue weighted by Gasteiger charge is 2.12. The standard InChI is InChI=1S/C20H25NO5/c1-14(22)16-7-8-19(20(10-16)25-3)26-13-17(23)12-21-11-15-5-4-6-18(9-15)24-2/h4-10,17,21,23H,11-13H2,1-3H3/p+1/t17-/m1/s1. The molecule has 26 heavy (non-hydrogen) atoms. The molecule has 0 radical (unpaired) electrons. The second kappa shape index (κ2) is 9.79. The van der Waals surface area contributed by atoms with Gasteiger partial charge in [0.1, 0.15) is 31.5 Å². The molecule has 140 valence electrons. The molecule has 2 aromatic carbocycles. The number of quaternary nitrogens is 1. The summed E-state index contributed by atoms with van der Waals surface area (Å²) < 4.78 is 16.1. The topological polar surface area (TPSA) is 81.6 Å². The maximum atomic E-state index is 11.4. The molecule has 0 aliphatic heterocycles. The summed E-state index contributed by atoms with van der Waals surface area (Å²) in [6.45, 7) is 2.89. The second-order valence-corrected chi connectivity index (χ2v) is 5.97. The van der Waals surface area contributed by atoms with E-state index in [0.717, 1.165) is 17.9 Å². The molecule has 0 spiro atoms. The Morgan fingerprint density at radius 3 is 2.62 bits per heavy atom. The van der Waals surface area contributed by atoms with Gasteiger partial charge in [-0.15, -0.1) is 0 Å². The van der Waals surface area contributed by atoms with Gasteiger partial charge in [-0.3, -0.25) is 4.79 Å². The fourth-order valence-corrected chi connectivity index (χ4v) is 2.50. The average Bonchev–Trinajstić information content (AvgIpc) is 2.66. The molecule has 0 heterocycles. The zero-order valence-corrected chi connectivity index (χ0v) is 15.4. The predicted octanol–water partition coefficient (Wildman–Crippen LogP) is 1.41. The van der Waals surface area contributed by atoms with Gasteiger partial charge in [0.2, 0.25) is 0 Å². The third-order valence-corrected chi connectivity index (χ3v) is 3.95. The minimum Gasteiger partial charge on any atom is -0.497 e. The molecule has 0 aliphatic rings. The van der Waals surface area contributed by atoms with Gasteiger partial charge in [0.15, 0.2) is 17.3 Å². The maximum Gasteiger partial charge on any atom is 0.161 e. The van der Waals surface area contributed by atoms with Crippen LogP contribution in [0.15, 0.2) is 42.5 Å². The van der Waals surface area contributed by atoms with E-state index in [1.807, 2.05) is 29.6 Å². The number of ether oxygens (including phenoxy) is 3. The number of carbonyl (C=O) groups is 1. The van der Waals surface area contributed by atoms with E-state index in [9.17, 15) is 9.90 Å². The lowest BCUT2D eigenvalue weighted by atomic mass is 10.1. The highest BCUT2D eigenvalue weighted by atomic mass is 16.5. The fourth-order valence-electron chi connectivity index (χ4n) is 2.50. The van der Waals surface area contributed by atoms with Gasteiger partial charge in [0.05, 0.1) is 14.2 Å². The van der Waals surface area contributed by atoms with Crippen LogP contribution in [0.3, 0.4) is 0 Å². The summed E-state index contributed by atoms with van der Waals surface area (Å²) in [5.41, 5.74) is 1.68. The summed E-state index contributed by atoms with van der Waals surface area (Å²) in [7, 11) is 3.16. The fraction of sp³-hybridized carbons (Fsp3) is 0.350. The number of aliphatic hydroxyl groups excluding tert-OH is 1. The first-order valence-corrected chi connectivity index (χ1v) is 8.48. The molecular formula is C20H26NO5+. The normalized spacial score (nSPS) is 11.7. The first-order chi connectivity index (χ1) is 12.5. The van der Waals surface area contributed by atoms with Gasteiger partial charge in [0.25, 0.3) is 0 Å². The average molecular weight is 360 g/mol. The lowest BCUT2D eigenvalue weighted by molar-refractivity contribution is -0.676. The van der Waals surface area contributed by atoms with Gasteiger partial charge in [-0.1, -0.05) is 12.1 Å². The van der Waals surface area contributed by atoms with Crippen molar-refractivity contribution >= 4 is 5.78 Å². The van der Waals surface area contributed by atoms with Crippen LogP contribution in [0.25, 0.3) is 0 Å². The Bertz CT molecular complexity index is 732. The molecule has 0 amide bonds. The SMILES string of the molecule is COc1cccc(C[NH2+]C[C@@H](O)COc2ccc(C(C)=O)cc2OC)c1. The van der Waals surface area contributed by atoms with Crippen molar-refractivity contribution in [3.63, 3.8) is 0 Å². The summed E-state index contributed by atoms with van der Waals surface area (Å²) in [5, 5.41) is 12.1. The van der Waals surface area contributed by atoms with Crippen molar-refractivity contribution in [3.05, 3.63) is 53.6 Å². The number of ketones is 1. The molecule has 0 saturated heterocycles. The van der Waals surface area contributed by atoms with E-state index in [-0.39, 0.29) is 12.4 Å². The van der Waals surface area contributed by atoms with Crippen molar-refractivity contribution in [3.8, 4) is 17.2 Å². The number of carbonyl (C=O) groups excluding carboxylic acids is 1. The van der Waals surface area contributed by atoms with Crippen LogP contribution >= 0.6 is 0 Å². The zero-order chi connectivity index (χ0) is 18.9. The molecule has 2 rings (SSSR count). The Morgan fingerprint density at radius 2 is 1.92 bits per heavy atom. The lowest BCUT2D eigenvalue weighted by Crippen LogP contribution is -2.85. The van der Waals surface area contributed by atoms with Crippen molar-refractivity contribution in [1.82, 2.24) is 0 Å². The molecule has 1 atom stereocenters. The molecule has 0 aliphatic carbocycles. The first kappa shape index (κ1) is 19.8. The molecule has 0 saturated carbocycles. The van der Waals surface area contributed by atoms with Crippen LogP contribution in [0.1, 0.15) is 22.8 Å². The number of rotatable bonds is 10. The molecule has 0 aromatic heterocycles. The Labute approximate surface area is 153 Å². The zero-order valence-electron chi connectivity index (χ0n) is 15.4. The quantitative estimate of drug-likeness (QED) is 0.626. The van der Waals surface area contributed by atoms with Crippen molar-refractivity contribution in [2.45, 2.75) is 19.6 Å². The van der Waals surface area contributed by atoms with E-state index in [4.69, 9.17) is 14.2 Å². The van der Waals surface area contributed by atoms with Gasteiger partial charge in [0, 0.05) is 11.1 Å². The molecule has 3 N–H and O–H groups in total. The van der Waals surface area contributed by atoms with E-state index >= 15 is 0 Å². The Hall–Kier alpha value is -2.57. The molecular weight excluding hydrogens is 334 g/mol. The molecule has 6 nitrogen and oxygen atoms in total. The van der Waals surface area contributed by atoms with Crippen molar-refractivity contribution < 1.29 is 29.4 Å². The lowest BCUT2D eigenvalue weighted by Gasteiger charge is -2.14. The number of hydrogen-bond donors (Lipinski definition) is 2. The van der Waals surface area contributed by atoms with Crippen LogP contribution in [-0.4, -0.2) is 44.4 Å². The van der Waals surface area contributed by atoms with Crippen LogP contribution in [0.4, 0.5) is 0 Å². The second-order valence-electron chi connectivity index (χ2n) is 5.97. The summed E-state index contributed by atoms with van der Waals surface area (Å²) in [5.74, 6) is 1.76. The van der Waals surface area contributed by atoms with Crippen LogP contribution < -0.4 is 19.5 Å². The minimum absolute atomic E-state index is 0.0398. The van der Waals surface area contributed by atoms with Gasteiger partial charge in [-0.2, -0.15) is 0 Å². The van der Waals surface area contributed by atoms with Gasteiger partial charge in [-0.05, 0) is 37.3 Å². The largest absolute Gasteiger partial charge is 0.497 e. The monoisotopic (exact) mass is 360 g/mol. The van der Waals surface area contributed by atoms with Gasteiger partial charge in [-0.25, -0.2) is 0 Å².